The normalized spacial score (nSPS) is 20.7. The van der Waals surface area contributed by atoms with E-state index in [4.69, 9.17) is 4.74 Å². The number of anilines is 1. The van der Waals surface area contributed by atoms with Crippen LogP contribution in [0.3, 0.4) is 0 Å². The minimum atomic E-state index is -0.219. The van der Waals surface area contributed by atoms with E-state index in [2.05, 4.69) is 5.32 Å². The fourth-order valence-electron chi connectivity index (χ4n) is 4.26. The number of carbonyl (C=O) groups is 3. The van der Waals surface area contributed by atoms with Gasteiger partial charge in [-0.2, -0.15) is 0 Å². The van der Waals surface area contributed by atoms with Gasteiger partial charge in [0.05, 0.1) is 11.8 Å². The fourth-order valence-corrected chi connectivity index (χ4v) is 4.26. The van der Waals surface area contributed by atoms with E-state index < -0.39 is 0 Å². The topological polar surface area (TPSA) is 75.7 Å². The molecule has 0 radical (unpaired) electrons. The van der Waals surface area contributed by atoms with Crippen LogP contribution in [0.1, 0.15) is 37.7 Å². The summed E-state index contributed by atoms with van der Waals surface area (Å²) < 4.78 is 5.74. The second kappa shape index (κ2) is 9.11. The van der Waals surface area contributed by atoms with Gasteiger partial charge in [0.1, 0.15) is 12.4 Å². The molecule has 1 saturated heterocycles. The molecule has 0 aromatic heterocycles. The summed E-state index contributed by atoms with van der Waals surface area (Å²) in [5.41, 5.74) is 1.74. The van der Waals surface area contributed by atoms with Crippen LogP contribution in [-0.4, -0.2) is 29.2 Å². The molecule has 1 aliphatic heterocycles. The Morgan fingerprint density at radius 1 is 0.933 bits per heavy atom. The highest BCUT2D eigenvalue weighted by molar-refractivity contribution is 6.05. The van der Waals surface area contributed by atoms with Gasteiger partial charge in [-0.25, -0.2) is 0 Å². The molecule has 3 amide bonds. The number of amides is 3. The van der Waals surface area contributed by atoms with Gasteiger partial charge in [0, 0.05) is 18.7 Å². The molecule has 6 nitrogen and oxygen atoms in total. The van der Waals surface area contributed by atoms with Crippen LogP contribution in [0.2, 0.25) is 0 Å². The highest BCUT2D eigenvalue weighted by Crippen LogP contribution is 2.38. The van der Waals surface area contributed by atoms with E-state index in [1.54, 1.807) is 24.3 Å². The molecule has 156 valence electrons. The molecular weight excluding hydrogens is 380 g/mol. The standard InChI is InChI=1S/C24H26N2O4/c27-22(14-15-26-23(28)20-8-4-5-9-21(20)24(26)29)25-18-10-12-19(13-11-18)30-16-17-6-2-1-3-7-17/h1-3,6-7,10-13,20-21H,4-5,8-9,14-16H2,(H,25,27)/t20-,21+. The smallest absolute Gasteiger partial charge is 0.233 e. The average molecular weight is 406 g/mol. The van der Waals surface area contributed by atoms with Gasteiger partial charge in [0.2, 0.25) is 17.7 Å². The van der Waals surface area contributed by atoms with Crippen LogP contribution in [0.15, 0.2) is 54.6 Å². The number of hydrogen-bond donors (Lipinski definition) is 1. The maximum atomic E-state index is 12.5. The number of nitrogens with zero attached hydrogens (tertiary/aromatic N) is 1. The van der Waals surface area contributed by atoms with Crippen LogP contribution in [0.25, 0.3) is 0 Å². The number of rotatable bonds is 7. The molecule has 1 heterocycles. The Morgan fingerprint density at radius 2 is 1.57 bits per heavy atom. The van der Waals surface area contributed by atoms with Crippen molar-refractivity contribution in [3.05, 3.63) is 60.2 Å². The molecule has 2 aliphatic rings. The minimum absolute atomic E-state index is 0.0996. The van der Waals surface area contributed by atoms with Crippen molar-refractivity contribution in [1.82, 2.24) is 4.90 Å². The van der Waals surface area contributed by atoms with Crippen LogP contribution >= 0.6 is 0 Å². The van der Waals surface area contributed by atoms with E-state index in [9.17, 15) is 14.4 Å². The first-order valence-electron chi connectivity index (χ1n) is 10.5. The number of benzene rings is 2. The number of ether oxygens (including phenoxy) is 1. The molecule has 1 aliphatic carbocycles. The number of fused-ring (bicyclic) bond motifs is 1. The van der Waals surface area contributed by atoms with Crippen LogP contribution in [0, 0.1) is 11.8 Å². The summed E-state index contributed by atoms with van der Waals surface area (Å²) in [7, 11) is 0. The Morgan fingerprint density at radius 3 is 2.20 bits per heavy atom. The molecule has 1 N–H and O–H groups in total. The zero-order valence-corrected chi connectivity index (χ0v) is 16.9. The zero-order chi connectivity index (χ0) is 20.9. The average Bonchev–Trinajstić information content (AvgIpc) is 3.02. The molecular formula is C24H26N2O4. The summed E-state index contributed by atoms with van der Waals surface area (Å²) in [6.07, 6.45) is 3.68. The molecule has 2 aromatic carbocycles. The van der Waals surface area contributed by atoms with Crippen molar-refractivity contribution >= 4 is 23.4 Å². The first-order chi connectivity index (χ1) is 14.6. The highest BCUT2D eigenvalue weighted by Gasteiger charge is 2.47. The number of nitrogens with one attached hydrogen (secondary N) is 1. The van der Waals surface area contributed by atoms with E-state index in [1.165, 1.54) is 4.90 Å². The lowest BCUT2D eigenvalue weighted by atomic mass is 9.81. The van der Waals surface area contributed by atoms with Gasteiger partial charge in [0.25, 0.3) is 0 Å². The van der Waals surface area contributed by atoms with Gasteiger partial charge in [-0.3, -0.25) is 19.3 Å². The molecule has 4 rings (SSSR count). The maximum Gasteiger partial charge on any atom is 0.233 e. The van der Waals surface area contributed by atoms with Crippen LogP contribution < -0.4 is 10.1 Å². The van der Waals surface area contributed by atoms with Crippen molar-refractivity contribution in [2.75, 3.05) is 11.9 Å². The first-order valence-corrected chi connectivity index (χ1v) is 10.5. The van der Waals surface area contributed by atoms with Gasteiger partial charge in [-0.1, -0.05) is 43.2 Å². The van der Waals surface area contributed by atoms with Crippen molar-refractivity contribution in [1.29, 1.82) is 0 Å². The van der Waals surface area contributed by atoms with Crippen molar-refractivity contribution < 1.29 is 19.1 Å². The summed E-state index contributed by atoms with van der Waals surface area (Å²) in [4.78, 5) is 38.6. The largest absolute Gasteiger partial charge is 0.489 e. The second-order valence-corrected chi connectivity index (χ2v) is 7.92. The number of imide groups is 1. The van der Waals surface area contributed by atoms with E-state index in [1.807, 2.05) is 30.3 Å². The molecule has 0 spiro atoms. The molecule has 2 fully saturated rings. The second-order valence-electron chi connectivity index (χ2n) is 7.92. The third kappa shape index (κ3) is 4.53. The fraction of sp³-hybridized carbons (Fsp3) is 0.375. The van der Waals surface area contributed by atoms with E-state index in [-0.39, 0.29) is 42.5 Å². The summed E-state index contributed by atoms with van der Waals surface area (Å²) in [5.74, 6) is -0.0403. The lowest BCUT2D eigenvalue weighted by Crippen LogP contribution is -2.34. The Hall–Kier alpha value is -3.15. The minimum Gasteiger partial charge on any atom is -0.489 e. The van der Waals surface area contributed by atoms with Crippen molar-refractivity contribution in [3.63, 3.8) is 0 Å². The Kier molecular flexibility index (Phi) is 6.12. The van der Waals surface area contributed by atoms with E-state index >= 15 is 0 Å². The van der Waals surface area contributed by atoms with Crippen LogP contribution in [-0.2, 0) is 21.0 Å². The van der Waals surface area contributed by atoms with Crippen molar-refractivity contribution in [3.8, 4) is 5.75 Å². The highest BCUT2D eigenvalue weighted by atomic mass is 16.5. The molecule has 1 saturated carbocycles. The number of likely N-dealkylation sites (tertiary alicyclic amines) is 1. The third-order valence-corrected chi connectivity index (χ3v) is 5.88. The summed E-state index contributed by atoms with van der Waals surface area (Å²) in [5, 5.41) is 2.82. The van der Waals surface area contributed by atoms with Crippen LogP contribution in [0.4, 0.5) is 5.69 Å². The molecule has 0 bridgehead atoms. The van der Waals surface area contributed by atoms with Crippen molar-refractivity contribution in [2.45, 2.75) is 38.7 Å². The summed E-state index contributed by atoms with van der Waals surface area (Å²) in [6.45, 7) is 0.626. The Labute approximate surface area is 176 Å². The molecule has 2 aromatic rings. The predicted octanol–water partition coefficient (Wildman–Crippen LogP) is 3.77. The van der Waals surface area contributed by atoms with Crippen LogP contribution in [0.5, 0.6) is 5.75 Å². The number of carbonyl (C=O) groups excluding carboxylic acids is 3. The molecule has 30 heavy (non-hydrogen) atoms. The molecule has 0 unspecified atom stereocenters. The van der Waals surface area contributed by atoms with Gasteiger partial charge >= 0.3 is 0 Å². The Balaban J connectivity index is 1.25. The molecule has 6 heteroatoms. The lowest BCUT2D eigenvalue weighted by Gasteiger charge is -2.19. The van der Waals surface area contributed by atoms with Crippen molar-refractivity contribution in [2.24, 2.45) is 11.8 Å². The SMILES string of the molecule is O=C(CCN1C(=O)[C@H]2CCCC[C@H]2C1=O)Nc1ccc(OCc2ccccc2)cc1. The monoisotopic (exact) mass is 406 g/mol. The van der Waals surface area contributed by atoms with Gasteiger partial charge < -0.3 is 10.1 Å². The lowest BCUT2D eigenvalue weighted by molar-refractivity contribution is -0.140. The third-order valence-electron chi connectivity index (χ3n) is 5.88. The van der Waals surface area contributed by atoms with E-state index in [0.717, 1.165) is 31.2 Å². The van der Waals surface area contributed by atoms with Gasteiger partial charge in [0.15, 0.2) is 0 Å². The molecule has 2 atom stereocenters. The quantitative estimate of drug-likeness (QED) is 0.710. The maximum absolute atomic E-state index is 12.5. The first kappa shape index (κ1) is 20.1. The van der Waals surface area contributed by atoms with Gasteiger partial charge in [-0.05, 0) is 42.7 Å². The summed E-state index contributed by atoms with van der Waals surface area (Å²) >= 11 is 0. The number of hydrogen-bond acceptors (Lipinski definition) is 4. The summed E-state index contributed by atoms with van der Waals surface area (Å²) in [6, 6.07) is 17.1. The predicted molar refractivity (Wildman–Crippen MR) is 113 cm³/mol. The Bertz CT molecular complexity index is 887. The van der Waals surface area contributed by atoms with E-state index in [0.29, 0.717) is 18.0 Å². The zero-order valence-electron chi connectivity index (χ0n) is 16.9. The van der Waals surface area contributed by atoms with Gasteiger partial charge in [-0.15, -0.1) is 0 Å².